The fraction of sp³-hybridized carbons (Fsp3) is 0.643. The minimum absolute atomic E-state index is 0.00420. The summed E-state index contributed by atoms with van der Waals surface area (Å²) >= 11 is 5.86. The number of amides is 1. The van der Waals surface area contributed by atoms with Crippen molar-refractivity contribution < 1.29 is 13.6 Å². The number of hydrogen-bond acceptors (Lipinski definition) is 4. The van der Waals surface area contributed by atoms with Gasteiger partial charge in [-0.3, -0.25) is 4.79 Å². The van der Waals surface area contributed by atoms with Crippen molar-refractivity contribution in [2.45, 2.75) is 44.6 Å². The third-order valence-electron chi connectivity index (χ3n) is 4.29. The minimum atomic E-state index is -3.45. The van der Waals surface area contributed by atoms with Gasteiger partial charge in [0.1, 0.15) is 5.69 Å². The van der Waals surface area contributed by atoms with Crippen LogP contribution < -0.4 is 9.80 Å². The number of carbonyl (C=O) groups is 1. The number of fused-ring (bicyclic) bond motifs is 1. The number of nitrogens with zero attached hydrogens (tertiary/aromatic N) is 4. The third-order valence-corrected chi connectivity index (χ3v) is 4.47. The molecule has 0 bridgehead atoms. The second kappa shape index (κ2) is 5.61. The van der Waals surface area contributed by atoms with Gasteiger partial charge in [-0.15, -0.1) is 0 Å². The maximum atomic E-state index is 14.3. The summed E-state index contributed by atoms with van der Waals surface area (Å²) < 4.78 is 28.7. The molecular weight excluding hydrogens is 314 g/mol. The van der Waals surface area contributed by atoms with Gasteiger partial charge in [0.15, 0.2) is 5.82 Å². The van der Waals surface area contributed by atoms with Gasteiger partial charge in [-0.25, -0.2) is 4.98 Å². The van der Waals surface area contributed by atoms with Crippen molar-refractivity contribution in [1.82, 2.24) is 9.97 Å². The highest BCUT2D eigenvalue weighted by Gasteiger charge is 2.49. The predicted octanol–water partition coefficient (Wildman–Crippen LogP) is 2.88. The average Bonchev–Trinajstić information content (AvgIpc) is 2.98. The van der Waals surface area contributed by atoms with E-state index in [1.54, 1.807) is 11.8 Å². The van der Waals surface area contributed by atoms with Crippen molar-refractivity contribution in [3.63, 3.8) is 0 Å². The van der Waals surface area contributed by atoms with Crippen LogP contribution >= 0.6 is 11.6 Å². The van der Waals surface area contributed by atoms with Gasteiger partial charge in [-0.2, -0.15) is 13.8 Å². The van der Waals surface area contributed by atoms with E-state index in [9.17, 15) is 13.6 Å². The van der Waals surface area contributed by atoms with Gasteiger partial charge in [0.2, 0.25) is 5.28 Å². The van der Waals surface area contributed by atoms with Crippen LogP contribution in [0.5, 0.6) is 0 Å². The number of carbonyl (C=O) groups excluding carboxylic acids is 1. The highest BCUT2D eigenvalue weighted by atomic mass is 35.5. The van der Waals surface area contributed by atoms with Gasteiger partial charge < -0.3 is 9.80 Å². The summed E-state index contributed by atoms with van der Waals surface area (Å²) in [6.07, 6.45) is 4.98. The molecule has 2 heterocycles. The number of alkyl halides is 2. The molecule has 0 spiro atoms. The van der Waals surface area contributed by atoms with Crippen LogP contribution in [0.2, 0.25) is 5.28 Å². The van der Waals surface area contributed by atoms with Crippen molar-refractivity contribution in [1.29, 1.82) is 0 Å². The van der Waals surface area contributed by atoms with Crippen LogP contribution in [0.1, 0.15) is 32.6 Å². The van der Waals surface area contributed by atoms with Gasteiger partial charge in [0.05, 0.1) is 12.7 Å². The lowest BCUT2D eigenvalue weighted by atomic mass is 10.2. The van der Waals surface area contributed by atoms with Crippen molar-refractivity contribution in [3.8, 4) is 0 Å². The molecule has 0 N–H and O–H groups in total. The number of aromatic nitrogens is 2. The highest BCUT2D eigenvalue weighted by molar-refractivity contribution is 6.28. The molecule has 1 saturated carbocycles. The van der Waals surface area contributed by atoms with Crippen LogP contribution in [0.15, 0.2) is 6.20 Å². The largest absolute Gasteiger partial charge is 0.345 e. The van der Waals surface area contributed by atoms with Gasteiger partial charge >= 0.3 is 5.92 Å². The second-order valence-electron chi connectivity index (χ2n) is 5.67. The lowest BCUT2D eigenvalue weighted by Gasteiger charge is -2.30. The van der Waals surface area contributed by atoms with Gasteiger partial charge in [0.25, 0.3) is 5.91 Å². The maximum Gasteiger partial charge on any atom is 0.342 e. The molecule has 0 aromatic carbocycles. The fourth-order valence-corrected chi connectivity index (χ4v) is 3.37. The molecule has 1 fully saturated rings. The Bertz CT molecular complexity index is 592. The van der Waals surface area contributed by atoms with E-state index in [2.05, 4.69) is 9.97 Å². The van der Waals surface area contributed by atoms with E-state index in [1.807, 2.05) is 0 Å². The molecule has 0 saturated heterocycles. The van der Waals surface area contributed by atoms with E-state index in [0.29, 0.717) is 11.5 Å². The Labute approximate surface area is 132 Å². The molecule has 8 heteroatoms. The predicted molar refractivity (Wildman–Crippen MR) is 79.6 cm³/mol. The summed E-state index contributed by atoms with van der Waals surface area (Å²) in [7, 11) is 0. The first-order chi connectivity index (χ1) is 10.4. The molecule has 2 aliphatic rings. The number of rotatable bonds is 2. The lowest BCUT2D eigenvalue weighted by molar-refractivity contribution is -0.140. The molecule has 3 rings (SSSR count). The Hall–Kier alpha value is -1.50. The van der Waals surface area contributed by atoms with Crippen LogP contribution in [-0.2, 0) is 4.79 Å². The summed E-state index contributed by atoms with van der Waals surface area (Å²) in [4.78, 5) is 22.8. The number of halogens is 3. The van der Waals surface area contributed by atoms with Crippen molar-refractivity contribution in [3.05, 3.63) is 11.5 Å². The molecule has 0 unspecified atom stereocenters. The average molecular weight is 331 g/mol. The van der Waals surface area contributed by atoms with E-state index >= 15 is 0 Å². The smallest absolute Gasteiger partial charge is 0.342 e. The molecule has 0 atom stereocenters. The van der Waals surface area contributed by atoms with Gasteiger partial charge in [-0.1, -0.05) is 12.8 Å². The third kappa shape index (κ3) is 2.51. The SMILES string of the molecule is CCN1C(=O)C(F)(F)CN(C2CCCC2)c2nc(Cl)ncc21. The summed E-state index contributed by atoms with van der Waals surface area (Å²) in [5.41, 5.74) is 0.306. The van der Waals surface area contributed by atoms with Crippen molar-refractivity contribution in [2.24, 2.45) is 0 Å². The number of anilines is 2. The second-order valence-corrected chi connectivity index (χ2v) is 6.01. The summed E-state index contributed by atoms with van der Waals surface area (Å²) in [6.45, 7) is 1.12. The Kier molecular flexibility index (Phi) is 3.92. The van der Waals surface area contributed by atoms with Crippen molar-refractivity contribution in [2.75, 3.05) is 22.9 Å². The number of hydrogen-bond donors (Lipinski definition) is 0. The summed E-state index contributed by atoms with van der Waals surface area (Å²) in [6, 6.07) is -0.0415. The molecular formula is C14H17ClF2N4O. The zero-order chi connectivity index (χ0) is 15.9. The van der Waals surface area contributed by atoms with E-state index in [1.165, 1.54) is 6.20 Å². The van der Waals surface area contributed by atoms with E-state index in [-0.39, 0.29) is 17.9 Å². The zero-order valence-corrected chi connectivity index (χ0v) is 13.0. The first kappa shape index (κ1) is 15.4. The van der Waals surface area contributed by atoms with Crippen LogP contribution in [0, 0.1) is 0 Å². The molecule has 22 heavy (non-hydrogen) atoms. The Morgan fingerprint density at radius 1 is 1.41 bits per heavy atom. The fourth-order valence-electron chi connectivity index (χ4n) is 3.24. The Balaban J connectivity index is 2.13. The molecule has 120 valence electrons. The van der Waals surface area contributed by atoms with Gasteiger partial charge in [-0.05, 0) is 31.4 Å². The van der Waals surface area contributed by atoms with Crippen molar-refractivity contribution >= 4 is 29.0 Å². The first-order valence-corrected chi connectivity index (χ1v) is 7.81. The van der Waals surface area contributed by atoms with Crippen LogP contribution in [0.3, 0.4) is 0 Å². The maximum absolute atomic E-state index is 14.3. The first-order valence-electron chi connectivity index (χ1n) is 7.43. The van der Waals surface area contributed by atoms with Gasteiger partial charge in [0, 0.05) is 12.6 Å². The summed E-state index contributed by atoms with van der Waals surface area (Å²) in [5, 5.41) is -0.00420. The normalized spacial score (nSPS) is 21.9. The molecule has 1 aliphatic heterocycles. The standard InChI is InChI=1S/C14H17ClF2N4O/c1-2-20-10-7-18-13(15)19-11(10)21(9-5-3-4-6-9)8-14(16,17)12(20)22/h7,9H,2-6,8H2,1H3. The van der Waals surface area contributed by atoms with E-state index in [4.69, 9.17) is 11.6 Å². The summed E-state index contributed by atoms with van der Waals surface area (Å²) in [5.74, 6) is -4.33. The molecule has 0 radical (unpaired) electrons. The van der Waals surface area contributed by atoms with Crippen LogP contribution in [0.4, 0.5) is 20.3 Å². The zero-order valence-electron chi connectivity index (χ0n) is 12.2. The monoisotopic (exact) mass is 330 g/mol. The van der Waals surface area contributed by atoms with E-state index < -0.39 is 18.4 Å². The minimum Gasteiger partial charge on any atom is -0.345 e. The lowest BCUT2D eigenvalue weighted by Crippen LogP contribution is -2.49. The van der Waals surface area contributed by atoms with Crippen LogP contribution in [-0.4, -0.2) is 40.9 Å². The van der Waals surface area contributed by atoms with Crippen LogP contribution in [0.25, 0.3) is 0 Å². The molecule has 1 aromatic rings. The Morgan fingerprint density at radius 2 is 2.09 bits per heavy atom. The molecule has 1 aliphatic carbocycles. The molecule has 1 amide bonds. The molecule has 5 nitrogen and oxygen atoms in total. The topological polar surface area (TPSA) is 49.3 Å². The van der Waals surface area contributed by atoms with E-state index in [0.717, 1.165) is 30.6 Å². The highest BCUT2D eigenvalue weighted by Crippen LogP contribution is 2.39. The molecule has 1 aromatic heterocycles. The Morgan fingerprint density at radius 3 is 2.73 bits per heavy atom. The quantitative estimate of drug-likeness (QED) is 0.782.